The van der Waals surface area contributed by atoms with E-state index in [2.05, 4.69) is 94.3 Å². The summed E-state index contributed by atoms with van der Waals surface area (Å²) in [7, 11) is 0. The van der Waals surface area contributed by atoms with Gasteiger partial charge in [-0.15, -0.1) is 0 Å². The first kappa shape index (κ1) is 13.9. The molecule has 0 radical (unpaired) electrons. The van der Waals surface area contributed by atoms with Crippen molar-refractivity contribution < 1.29 is 0 Å². The minimum Gasteiger partial charge on any atom is -0.361 e. The molecule has 2 aromatic rings. The molecule has 1 N–H and O–H groups in total. The average Bonchev–Trinajstić information content (AvgIpc) is 2.48. The summed E-state index contributed by atoms with van der Waals surface area (Å²) >= 11 is 2.44. The number of nitrogens with zero attached hydrogens (tertiary/aromatic N) is 1. The Bertz CT molecular complexity index is 570. The first-order valence-corrected chi connectivity index (χ1v) is 8.13. The van der Waals surface area contributed by atoms with E-state index in [0.29, 0.717) is 12.1 Å². The highest BCUT2D eigenvalue weighted by atomic mass is 127. The van der Waals surface area contributed by atoms with Crippen LogP contribution in [0.15, 0.2) is 54.6 Å². The second kappa shape index (κ2) is 6.14. The zero-order chi connectivity index (χ0) is 13.9. The van der Waals surface area contributed by atoms with E-state index in [4.69, 9.17) is 0 Å². The summed E-state index contributed by atoms with van der Waals surface area (Å²) in [5.41, 5.74) is 2.72. The van der Waals surface area contributed by atoms with Gasteiger partial charge in [0.15, 0.2) is 0 Å². The van der Waals surface area contributed by atoms with Crippen LogP contribution in [0.4, 0.5) is 5.69 Å². The van der Waals surface area contributed by atoms with E-state index in [1.807, 2.05) is 0 Å². The predicted molar refractivity (Wildman–Crippen MR) is 93.2 cm³/mol. The molecule has 1 aliphatic rings. The van der Waals surface area contributed by atoms with Crippen molar-refractivity contribution in [1.29, 1.82) is 0 Å². The van der Waals surface area contributed by atoms with Gasteiger partial charge in [-0.25, -0.2) is 0 Å². The first-order chi connectivity index (χ1) is 9.75. The van der Waals surface area contributed by atoms with Gasteiger partial charge in [-0.05, 0) is 47.2 Å². The summed E-state index contributed by atoms with van der Waals surface area (Å²) in [6, 6.07) is 20.4. The Kier molecular flexibility index (Phi) is 4.27. The van der Waals surface area contributed by atoms with Crippen LogP contribution in [0.5, 0.6) is 0 Å². The number of hydrogen-bond donors (Lipinski definition) is 1. The van der Waals surface area contributed by atoms with Crippen molar-refractivity contribution >= 4 is 28.3 Å². The van der Waals surface area contributed by atoms with Crippen LogP contribution in [0.25, 0.3) is 0 Å². The standard InChI is InChI=1S/C17H19IN2/c1-13-12-20(16-10-6-5-9-15(16)18)17(11-19-13)14-7-3-2-4-8-14/h2-10,13,17,19H,11-12H2,1H3. The minimum absolute atomic E-state index is 0.406. The van der Waals surface area contributed by atoms with E-state index in [1.54, 1.807) is 0 Å². The van der Waals surface area contributed by atoms with Gasteiger partial charge in [0.05, 0.1) is 11.7 Å². The lowest BCUT2D eigenvalue weighted by Gasteiger charge is -2.41. The molecule has 2 atom stereocenters. The van der Waals surface area contributed by atoms with E-state index in [0.717, 1.165) is 13.1 Å². The molecule has 1 heterocycles. The van der Waals surface area contributed by atoms with Crippen molar-refractivity contribution in [2.75, 3.05) is 18.0 Å². The summed E-state index contributed by atoms with van der Waals surface area (Å²) < 4.78 is 1.32. The van der Waals surface area contributed by atoms with Crippen molar-refractivity contribution in [2.24, 2.45) is 0 Å². The smallest absolute Gasteiger partial charge is 0.0668 e. The zero-order valence-corrected chi connectivity index (χ0v) is 13.7. The Labute approximate surface area is 134 Å². The van der Waals surface area contributed by atoms with Crippen LogP contribution < -0.4 is 10.2 Å². The van der Waals surface area contributed by atoms with Crippen molar-refractivity contribution in [3.8, 4) is 0 Å². The van der Waals surface area contributed by atoms with E-state index < -0.39 is 0 Å². The van der Waals surface area contributed by atoms with Crippen molar-refractivity contribution in [3.63, 3.8) is 0 Å². The quantitative estimate of drug-likeness (QED) is 0.800. The van der Waals surface area contributed by atoms with Gasteiger partial charge in [-0.2, -0.15) is 0 Å². The highest BCUT2D eigenvalue weighted by Gasteiger charge is 2.28. The monoisotopic (exact) mass is 378 g/mol. The largest absolute Gasteiger partial charge is 0.361 e. The molecule has 20 heavy (non-hydrogen) atoms. The van der Waals surface area contributed by atoms with E-state index >= 15 is 0 Å². The molecule has 1 saturated heterocycles. The van der Waals surface area contributed by atoms with E-state index in [-0.39, 0.29) is 0 Å². The third kappa shape index (κ3) is 2.83. The molecule has 0 aliphatic carbocycles. The molecule has 0 bridgehead atoms. The highest BCUT2D eigenvalue weighted by Crippen LogP contribution is 2.32. The van der Waals surface area contributed by atoms with Gasteiger partial charge in [0.25, 0.3) is 0 Å². The summed E-state index contributed by atoms with van der Waals surface area (Å²) in [5, 5.41) is 3.61. The maximum Gasteiger partial charge on any atom is 0.0668 e. The van der Waals surface area contributed by atoms with Crippen LogP contribution in [-0.4, -0.2) is 19.1 Å². The van der Waals surface area contributed by atoms with Gasteiger partial charge in [0.1, 0.15) is 0 Å². The second-order valence-electron chi connectivity index (χ2n) is 5.34. The lowest BCUT2D eigenvalue weighted by Crippen LogP contribution is -2.51. The third-order valence-corrected chi connectivity index (χ3v) is 4.76. The highest BCUT2D eigenvalue weighted by molar-refractivity contribution is 14.1. The number of nitrogens with one attached hydrogen (secondary N) is 1. The Morgan fingerprint density at radius 3 is 2.50 bits per heavy atom. The molecule has 2 aromatic carbocycles. The van der Waals surface area contributed by atoms with Gasteiger partial charge in [-0.1, -0.05) is 42.5 Å². The SMILES string of the molecule is CC1CN(c2ccccc2I)C(c2ccccc2)CN1. The van der Waals surface area contributed by atoms with Gasteiger partial charge in [-0.3, -0.25) is 0 Å². The summed E-state index contributed by atoms with van der Waals surface area (Å²) in [6.45, 7) is 4.29. The molecule has 1 aliphatic heterocycles. The fourth-order valence-corrected chi connectivity index (χ4v) is 3.53. The molecule has 0 saturated carbocycles. The minimum atomic E-state index is 0.406. The summed E-state index contributed by atoms with van der Waals surface area (Å²) in [4.78, 5) is 2.54. The molecular weight excluding hydrogens is 359 g/mol. The maximum absolute atomic E-state index is 3.61. The van der Waals surface area contributed by atoms with Crippen LogP contribution >= 0.6 is 22.6 Å². The lowest BCUT2D eigenvalue weighted by molar-refractivity contribution is 0.416. The van der Waals surface area contributed by atoms with Crippen LogP contribution in [0.1, 0.15) is 18.5 Å². The van der Waals surface area contributed by atoms with Crippen LogP contribution in [-0.2, 0) is 0 Å². The van der Waals surface area contributed by atoms with E-state index in [1.165, 1.54) is 14.8 Å². The Hall–Kier alpha value is -1.07. The molecule has 0 spiro atoms. The van der Waals surface area contributed by atoms with Crippen molar-refractivity contribution in [1.82, 2.24) is 5.32 Å². The number of halogens is 1. The normalized spacial score (nSPS) is 22.8. The fourth-order valence-electron chi connectivity index (χ4n) is 2.83. The summed E-state index contributed by atoms with van der Waals surface area (Å²) in [5.74, 6) is 0. The lowest BCUT2D eigenvalue weighted by atomic mass is 10.0. The maximum atomic E-state index is 3.61. The first-order valence-electron chi connectivity index (χ1n) is 7.05. The van der Waals surface area contributed by atoms with Gasteiger partial charge in [0, 0.05) is 22.7 Å². The number of piperazine rings is 1. The molecule has 1 fully saturated rings. The Balaban J connectivity index is 1.98. The van der Waals surface area contributed by atoms with Crippen molar-refractivity contribution in [3.05, 3.63) is 63.7 Å². The van der Waals surface area contributed by atoms with Gasteiger partial charge in [0.2, 0.25) is 0 Å². The number of hydrogen-bond acceptors (Lipinski definition) is 2. The Morgan fingerprint density at radius 1 is 1.05 bits per heavy atom. The molecule has 3 rings (SSSR count). The van der Waals surface area contributed by atoms with Gasteiger partial charge < -0.3 is 10.2 Å². The average molecular weight is 378 g/mol. The number of rotatable bonds is 2. The molecule has 0 amide bonds. The number of benzene rings is 2. The summed E-state index contributed by atoms with van der Waals surface area (Å²) in [6.07, 6.45) is 0. The molecule has 104 valence electrons. The molecule has 0 aromatic heterocycles. The molecule has 2 nitrogen and oxygen atoms in total. The van der Waals surface area contributed by atoms with Crippen molar-refractivity contribution in [2.45, 2.75) is 19.0 Å². The van der Waals surface area contributed by atoms with Crippen LogP contribution in [0.2, 0.25) is 0 Å². The molecule has 2 unspecified atom stereocenters. The predicted octanol–water partition coefficient (Wildman–Crippen LogP) is 3.83. The second-order valence-corrected chi connectivity index (χ2v) is 6.50. The van der Waals surface area contributed by atoms with Crippen LogP contribution in [0.3, 0.4) is 0 Å². The number of para-hydroxylation sites is 1. The fraction of sp³-hybridized carbons (Fsp3) is 0.294. The van der Waals surface area contributed by atoms with Crippen LogP contribution in [0, 0.1) is 3.57 Å². The third-order valence-electron chi connectivity index (χ3n) is 3.85. The topological polar surface area (TPSA) is 15.3 Å². The van der Waals surface area contributed by atoms with E-state index in [9.17, 15) is 0 Å². The zero-order valence-electron chi connectivity index (χ0n) is 11.6. The number of anilines is 1. The molecular formula is C17H19IN2. The Morgan fingerprint density at radius 2 is 1.75 bits per heavy atom. The molecule has 3 heteroatoms. The van der Waals surface area contributed by atoms with Gasteiger partial charge >= 0.3 is 0 Å².